The molecule has 0 unspecified atom stereocenters. The van der Waals surface area contributed by atoms with Crippen LogP contribution in [-0.2, 0) is 11.3 Å². The first-order valence-corrected chi connectivity index (χ1v) is 7.25. The largest absolute Gasteiger partial charge is 0.493 e. The predicted octanol–water partition coefficient (Wildman–Crippen LogP) is 3.35. The molecule has 1 N–H and O–H groups in total. The Labute approximate surface area is 135 Å². The van der Waals surface area contributed by atoms with Gasteiger partial charge in [-0.05, 0) is 42.3 Å². The molecule has 0 aliphatic carbocycles. The van der Waals surface area contributed by atoms with Crippen LogP contribution < -0.4 is 14.8 Å². The molecule has 2 rings (SSSR count). The maximum atomic E-state index is 11.8. The molecule has 0 aromatic heterocycles. The van der Waals surface area contributed by atoms with Crippen molar-refractivity contribution in [2.75, 3.05) is 13.7 Å². The number of methoxy groups -OCH3 is 1. The monoisotopic (exact) mass is 319 g/mol. The van der Waals surface area contributed by atoms with Gasteiger partial charge < -0.3 is 14.8 Å². The van der Waals surface area contributed by atoms with Crippen LogP contribution in [0.25, 0.3) is 0 Å². The number of hydrogen-bond acceptors (Lipinski definition) is 3. The summed E-state index contributed by atoms with van der Waals surface area (Å²) >= 11 is 5.81. The summed E-state index contributed by atoms with van der Waals surface area (Å²) in [7, 11) is 1.57. The van der Waals surface area contributed by atoms with Crippen LogP contribution in [-0.4, -0.2) is 19.6 Å². The van der Waals surface area contributed by atoms with Gasteiger partial charge in [-0.1, -0.05) is 29.8 Å². The van der Waals surface area contributed by atoms with E-state index < -0.39 is 0 Å². The van der Waals surface area contributed by atoms with Crippen LogP contribution >= 0.6 is 11.6 Å². The quantitative estimate of drug-likeness (QED) is 0.888. The number of amides is 1. The van der Waals surface area contributed by atoms with Crippen molar-refractivity contribution >= 4 is 17.5 Å². The minimum absolute atomic E-state index is 0.0625. The van der Waals surface area contributed by atoms with Gasteiger partial charge in [0.15, 0.2) is 18.1 Å². The zero-order valence-electron chi connectivity index (χ0n) is 12.6. The van der Waals surface area contributed by atoms with Crippen LogP contribution in [0.5, 0.6) is 11.5 Å². The fraction of sp³-hybridized carbons (Fsp3) is 0.235. The van der Waals surface area contributed by atoms with E-state index in [1.165, 1.54) is 0 Å². The predicted molar refractivity (Wildman–Crippen MR) is 86.5 cm³/mol. The Morgan fingerprint density at radius 3 is 2.55 bits per heavy atom. The summed E-state index contributed by atoms with van der Waals surface area (Å²) in [6.45, 7) is 2.34. The molecule has 116 valence electrons. The molecule has 0 saturated carbocycles. The number of carbonyl (C=O) groups is 1. The van der Waals surface area contributed by atoms with Crippen LogP contribution in [0.15, 0.2) is 42.5 Å². The van der Waals surface area contributed by atoms with Crippen LogP contribution in [0.1, 0.15) is 11.1 Å². The summed E-state index contributed by atoms with van der Waals surface area (Å²) in [5.74, 6) is 0.970. The number of benzene rings is 2. The van der Waals surface area contributed by atoms with Gasteiger partial charge >= 0.3 is 0 Å². The van der Waals surface area contributed by atoms with Crippen molar-refractivity contribution in [1.82, 2.24) is 5.32 Å². The van der Waals surface area contributed by atoms with Gasteiger partial charge in [0, 0.05) is 11.6 Å². The number of halogens is 1. The molecule has 0 spiro atoms. The summed E-state index contributed by atoms with van der Waals surface area (Å²) in [4.78, 5) is 11.8. The summed E-state index contributed by atoms with van der Waals surface area (Å²) in [5.41, 5.74) is 2.04. The molecule has 0 radical (unpaired) electrons. The molecule has 0 aliphatic rings. The Hall–Kier alpha value is -2.20. The van der Waals surface area contributed by atoms with Gasteiger partial charge in [-0.2, -0.15) is 0 Å². The second kappa shape index (κ2) is 7.71. The molecule has 0 atom stereocenters. The summed E-state index contributed by atoms with van der Waals surface area (Å²) < 4.78 is 10.7. The van der Waals surface area contributed by atoms with Crippen LogP contribution in [0.2, 0.25) is 5.02 Å². The zero-order chi connectivity index (χ0) is 15.9. The van der Waals surface area contributed by atoms with Gasteiger partial charge in [-0.3, -0.25) is 4.79 Å². The third-order valence-electron chi connectivity index (χ3n) is 3.08. The third kappa shape index (κ3) is 4.67. The maximum Gasteiger partial charge on any atom is 0.258 e. The van der Waals surface area contributed by atoms with Gasteiger partial charge in [0.1, 0.15) is 0 Å². The van der Waals surface area contributed by atoms with Crippen molar-refractivity contribution in [1.29, 1.82) is 0 Å². The first kappa shape index (κ1) is 16.2. The van der Waals surface area contributed by atoms with E-state index in [2.05, 4.69) is 5.32 Å². The lowest BCUT2D eigenvalue weighted by molar-refractivity contribution is -0.123. The Balaban J connectivity index is 1.84. The maximum absolute atomic E-state index is 11.8. The number of nitrogens with one attached hydrogen (secondary N) is 1. The van der Waals surface area contributed by atoms with E-state index in [-0.39, 0.29) is 12.5 Å². The number of aryl methyl sites for hydroxylation is 1. The highest BCUT2D eigenvalue weighted by atomic mass is 35.5. The first-order chi connectivity index (χ1) is 10.6. The summed E-state index contributed by atoms with van der Waals surface area (Å²) in [5, 5.41) is 3.46. The minimum atomic E-state index is -0.197. The fourth-order valence-corrected chi connectivity index (χ4v) is 2.02. The van der Waals surface area contributed by atoms with Gasteiger partial charge in [-0.25, -0.2) is 0 Å². The molecule has 0 fully saturated rings. The molecule has 2 aromatic carbocycles. The van der Waals surface area contributed by atoms with Crippen LogP contribution in [0, 0.1) is 6.92 Å². The van der Waals surface area contributed by atoms with Gasteiger partial charge in [0.25, 0.3) is 5.91 Å². The van der Waals surface area contributed by atoms with E-state index in [9.17, 15) is 4.79 Å². The second-order valence-corrected chi connectivity index (χ2v) is 5.28. The standard InChI is InChI=1S/C17H18ClNO3/c1-12-3-8-15(16(9-12)21-2)22-11-17(20)19-10-13-4-6-14(18)7-5-13/h3-9H,10-11H2,1-2H3,(H,19,20). The molecular formula is C17H18ClNO3. The van der Waals surface area contributed by atoms with E-state index in [1.807, 2.05) is 31.2 Å². The molecule has 0 bridgehead atoms. The lowest BCUT2D eigenvalue weighted by Crippen LogP contribution is -2.28. The molecule has 0 heterocycles. The molecule has 4 nitrogen and oxygen atoms in total. The highest BCUT2D eigenvalue weighted by molar-refractivity contribution is 6.30. The summed E-state index contributed by atoms with van der Waals surface area (Å²) in [6, 6.07) is 12.9. The minimum Gasteiger partial charge on any atom is -0.493 e. The third-order valence-corrected chi connectivity index (χ3v) is 3.33. The van der Waals surface area contributed by atoms with E-state index in [1.54, 1.807) is 25.3 Å². The van der Waals surface area contributed by atoms with Crippen molar-refractivity contribution in [2.24, 2.45) is 0 Å². The fourth-order valence-electron chi connectivity index (χ4n) is 1.89. The van der Waals surface area contributed by atoms with Crippen LogP contribution in [0.3, 0.4) is 0 Å². The average Bonchev–Trinajstić information content (AvgIpc) is 2.53. The number of ether oxygens (including phenoxy) is 2. The van der Waals surface area contributed by atoms with Crippen molar-refractivity contribution in [2.45, 2.75) is 13.5 Å². The smallest absolute Gasteiger partial charge is 0.258 e. The first-order valence-electron chi connectivity index (χ1n) is 6.87. The Kier molecular flexibility index (Phi) is 5.67. The molecule has 0 saturated heterocycles. The Morgan fingerprint density at radius 1 is 1.14 bits per heavy atom. The SMILES string of the molecule is COc1cc(C)ccc1OCC(=O)NCc1ccc(Cl)cc1. The van der Waals surface area contributed by atoms with Crippen molar-refractivity contribution < 1.29 is 14.3 Å². The lowest BCUT2D eigenvalue weighted by Gasteiger charge is -2.11. The van der Waals surface area contributed by atoms with E-state index in [4.69, 9.17) is 21.1 Å². The topological polar surface area (TPSA) is 47.6 Å². The van der Waals surface area contributed by atoms with E-state index in [0.717, 1.165) is 11.1 Å². The molecule has 0 aliphatic heterocycles. The second-order valence-electron chi connectivity index (χ2n) is 4.85. The Morgan fingerprint density at radius 2 is 1.86 bits per heavy atom. The number of rotatable bonds is 6. The van der Waals surface area contributed by atoms with Crippen molar-refractivity contribution in [3.8, 4) is 11.5 Å². The summed E-state index contributed by atoms with van der Waals surface area (Å²) in [6.07, 6.45) is 0. The lowest BCUT2D eigenvalue weighted by atomic mass is 10.2. The van der Waals surface area contributed by atoms with Gasteiger partial charge in [-0.15, -0.1) is 0 Å². The molecule has 2 aromatic rings. The van der Waals surface area contributed by atoms with Crippen molar-refractivity contribution in [3.63, 3.8) is 0 Å². The zero-order valence-corrected chi connectivity index (χ0v) is 13.3. The normalized spacial score (nSPS) is 10.1. The molecule has 1 amide bonds. The van der Waals surface area contributed by atoms with Gasteiger partial charge in [0.2, 0.25) is 0 Å². The highest BCUT2D eigenvalue weighted by Gasteiger charge is 2.07. The van der Waals surface area contributed by atoms with Gasteiger partial charge in [0.05, 0.1) is 7.11 Å². The molecular weight excluding hydrogens is 302 g/mol. The molecule has 5 heteroatoms. The molecule has 22 heavy (non-hydrogen) atoms. The average molecular weight is 320 g/mol. The van der Waals surface area contributed by atoms with Crippen molar-refractivity contribution in [3.05, 3.63) is 58.6 Å². The number of hydrogen-bond donors (Lipinski definition) is 1. The van der Waals surface area contributed by atoms with E-state index in [0.29, 0.717) is 23.1 Å². The Bertz CT molecular complexity index is 641. The highest BCUT2D eigenvalue weighted by Crippen LogP contribution is 2.27. The van der Waals surface area contributed by atoms with Crippen LogP contribution in [0.4, 0.5) is 0 Å². The van der Waals surface area contributed by atoms with E-state index >= 15 is 0 Å². The number of carbonyl (C=O) groups excluding carboxylic acids is 1.